The van der Waals surface area contributed by atoms with Crippen LogP contribution in [0.1, 0.15) is 38.5 Å². The molecule has 2 aromatic rings. The highest BCUT2D eigenvalue weighted by Crippen LogP contribution is 2.47. The standard InChI is InChI=1S/C25H38N6O/c1-29-18-19(17-28-29)21-15-22(26)24(32-2)16-23(21)31-11-7-25(8-12-31)5-3-20(4-6-25)30-13-9-27-10-14-30/h15-18,20,27H,3-14,26H2,1-2H3. The van der Waals surface area contributed by atoms with Crippen molar-refractivity contribution in [3.05, 3.63) is 24.5 Å². The number of nitrogens with two attached hydrogens (primary N) is 1. The average Bonchev–Trinajstić information content (AvgIpc) is 3.27. The zero-order valence-corrected chi connectivity index (χ0v) is 19.6. The number of benzene rings is 1. The summed E-state index contributed by atoms with van der Waals surface area (Å²) in [6.07, 6.45) is 12.1. The normalized spacial score (nSPS) is 22.4. The molecule has 7 nitrogen and oxygen atoms in total. The Bertz CT molecular complexity index is 917. The maximum absolute atomic E-state index is 6.28. The molecule has 0 amide bonds. The monoisotopic (exact) mass is 438 g/mol. The first-order valence-corrected chi connectivity index (χ1v) is 12.2. The highest BCUT2D eigenvalue weighted by Gasteiger charge is 2.39. The van der Waals surface area contributed by atoms with Crippen LogP contribution >= 0.6 is 0 Å². The molecule has 7 heteroatoms. The predicted molar refractivity (Wildman–Crippen MR) is 130 cm³/mol. The van der Waals surface area contributed by atoms with E-state index in [1.165, 1.54) is 57.3 Å². The molecule has 1 aromatic heterocycles. The summed E-state index contributed by atoms with van der Waals surface area (Å²) < 4.78 is 7.42. The van der Waals surface area contributed by atoms with Gasteiger partial charge in [-0.25, -0.2) is 0 Å². The Balaban J connectivity index is 1.29. The maximum Gasteiger partial charge on any atom is 0.143 e. The number of anilines is 2. The summed E-state index contributed by atoms with van der Waals surface area (Å²) in [5.41, 5.74) is 11.0. The van der Waals surface area contributed by atoms with E-state index in [4.69, 9.17) is 10.5 Å². The molecular weight excluding hydrogens is 400 g/mol. The van der Waals surface area contributed by atoms with Crippen molar-refractivity contribution in [3.8, 4) is 16.9 Å². The molecule has 0 radical (unpaired) electrons. The van der Waals surface area contributed by atoms with Gasteiger partial charge >= 0.3 is 0 Å². The molecule has 174 valence electrons. The molecule has 3 N–H and O–H groups in total. The van der Waals surface area contributed by atoms with Gasteiger partial charge in [0.2, 0.25) is 0 Å². The highest BCUT2D eigenvalue weighted by molar-refractivity contribution is 5.83. The van der Waals surface area contributed by atoms with Crippen molar-refractivity contribution in [1.82, 2.24) is 20.0 Å². The van der Waals surface area contributed by atoms with Gasteiger partial charge in [-0.05, 0) is 50.0 Å². The van der Waals surface area contributed by atoms with Gasteiger partial charge in [-0.3, -0.25) is 9.58 Å². The second-order valence-corrected chi connectivity index (χ2v) is 10.0. The van der Waals surface area contributed by atoms with Gasteiger partial charge in [0.05, 0.1) is 19.0 Å². The minimum Gasteiger partial charge on any atom is -0.495 e. The molecule has 3 aliphatic rings. The van der Waals surface area contributed by atoms with Gasteiger partial charge in [0, 0.05) is 81.4 Å². The smallest absolute Gasteiger partial charge is 0.143 e. The summed E-state index contributed by atoms with van der Waals surface area (Å²) in [6, 6.07) is 4.98. The van der Waals surface area contributed by atoms with Crippen LogP contribution in [0.25, 0.3) is 11.1 Å². The molecule has 32 heavy (non-hydrogen) atoms. The maximum atomic E-state index is 6.28. The van der Waals surface area contributed by atoms with Crippen molar-refractivity contribution < 1.29 is 4.74 Å². The lowest BCUT2D eigenvalue weighted by molar-refractivity contribution is 0.0639. The third kappa shape index (κ3) is 4.20. The van der Waals surface area contributed by atoms with Crippen LogP contribution in [-0.2, 0) is 7.05 Å². The van der Waals surface area contributed by atoms with Gasteiger partial charge < -0.3 is 20.7 Å². The summed E-state index contributed by atoms with van der Waals surface area (Å²) in [5.74, 6) is 0.754. The molecule has 1 aromatic carbocycles. The lowest BCUT2D eigenvalue weighted by Crippen LogP contribution is -2.51. The Morgan fingerprint density at radius 3 is 2.41 bits per heavy atom. The second kappa shape index (κ2) is 8.94. The number of aromatic nitrogens is 2. The Morgan fingerprint density at radius 1 is 1.06 bits per heavy atom. The zero-order chi connectivity index (χ0) is 22.1. The van der Waals surface area contributed by atoms with E-state index in [0.29, 0.717) is 11.1 Å². The van der Waals surface area contributed by atoms with Crippen molar-refractivity contribution in [3.63, 3.8) is 0 Å². The molecule has 1 spiro atoms. The van der Waals surface area contributed by atoms with E-state index < -0.39 is 0 Å². The number of rotatable bonds is 4. The van der Waals surface area contributed by atoms with Crippen LogP contribution in [0.3, 0.4) is 0 Å². The minimum absolute atomic E-state index is 0.535. The molecule has 1 saturated carbocycles. The third-order valence-electron chi connectivity index (χ3n) is 8.21. The van der Waals surface area contributed by atoms with Crippen molar-refractivity contribution >= 4 is 11.4 Å². The molecule has 0 bridgehead atoms. The van der Waals surface area contributed by atoms with Crippen LogP contribution in [0, 0.1) is 5.41 Å². The quantitative estimate of drug-likeness (QED) is 0.715. The lowest BCUT2D eigenvalue weighted by Gasteiger charge is -2.49. The molecule has 1 aliphatic carbocycles. The summed E-state index contributed by atoms with van der Waals surface area (Å²) in [7, 11) is 3.65. The third-order valence-corrected chi connectivity index (χ3v) is 8.21. The van der Waals surface area contributed by atoms with E-state index >= 15 is 0 Å². The Labute approximate surface area is 191 Å². The summed E-state index contributed by atoms with van der Waals surface area (Å²) in [5, 5.41) is 7.87. The highest BCUT2D eigenvalue weighted by atomic mass is 16.5. The van der Waals surface area contributed by atoms with Crippen molar-refractivity contribution in [2.24, 2.45) is 12.5 Å². The van der Waals surface area contributed by atoms with Crippen molar-refractivity contribution in [2.45, 2.75) is 44.6 Å². The van der Waals surface area contributed by atoms with Gasteiger partial charge in [0.1, 0.15) is 5.75 Å². The summed E-state index contributed by atoms with van der Waals surface area (Å²) in [6.45, 7) is 6.95. The van der Waals surface area contributed by atoms with E-state index in [2.05, 4.69) is 32.5 Å². The fourth-order valence-corrected chi connectivity index (χ4v) is 6.17. The molecule has 0 atom stereocenters. The van der Waals surface area contributed by atoms with Crippen molar-refractivity contribution in [1.29, 1.82) is 0 Å². The second-order valence-electron chi connectivity index (χ2n) is 10.0. The van der Waals surface area contributed by atoms with Crippen molar-refractivity contribution in [2.75, 3.05) is 57.0 Å². The summed E-state index contributed by atoms with van der Waals surface area (Å²) >= 11 is 0. The van der Waals surface area contributed by atoms with Crippen LogP contribution in [0.15, 0.2) is 24.5 Å². The first kappa shape index (κ1) is 21.6. The number of aryl methyl sites for hydroxylation is 1. The first-order chi connectivity index (χ1) is 15.6. The Kier molecular flexibility index (Phi) is 6.03. The molecule has 5 rings (SSSR count). The van der Waals surface area contributed by atoms with Crippen LogP contribution in [0.5, 0.6) is 5.75 Å². The number of nitrogens with zero attached hydrogens (tertiary/aromatic N) is 4. The van der Waals surface area contributed by atoms with E-state index in [9.17, 15) is 0 Å². The number of piperidine rings is 1. The number of hydrogen-bond acceptors (Lipinski definition) is 6. The SMILES string of the molecule is COc1cc(N2CCC3(CCC(N4CCNCC4)CC3)CC2)c(-c2cnn(C)c2)cc1N. The fraction of sp³-hybridized carbons (Fsp3) is 0.640. The van der Waals surface area contributed by atoms with Gasteiger partial charge in [-0.1, -0.05) is 0 Å². The van der Waals surface area contributed by atoms with Crippen LogP contribution in [0.2, 0.25) is 0 Å². The van der Waals surface area contributed by atoms with E-state index in [-0.39, 0.29) is 0 Å². The molecule has 0 unspecified atom stereocenters. The number of piperazine rings is 1. The summed E-state index contributed by atoms with van der Waals surface area (Å²) in [4.78, 5) is 5.28. The Morgan fingerprint density at radius 2 is 1.78 bits per heavy atom. The largest absolute Gasteiger partial charge is 0.495 e. The Hall–Kier alpha value is -2.25. The number of nitrogen functional groups attached to an aromatic ring is 1. The molecule has 2 aliphatic heterocycles. The molecular formula is C25H38N6O. The van der Waals surface area contributed by atoms with E-state index in [0.717, 1.165) is 49.1 Å². The lowest BCUT2D eigenvalue weighted by atomic mass is 9.66. The fourth-order valence-electron chi connectivity index (χ4n) is 6.17. The van der Waals surface area contributed by atoms with E-state index in [1.807, 2.05) is 24.0 Å². The van der Waals surface area contributed by atoms with Crippen LogP contribution in [-0.4, -0.2) is 67.1 Å². The number of nitrogens with one attached hydrogen (secondary N) is 1. The van der Waals surface area contributed by atoms with Gasteiger partial charge in [0.15, 0.2) is 0 Å². The van der Waals surface area contributed by atoms with Gasteiger partial charge in [-0.15, -0.1) is 0 Å². The molecule has 3 heterocycles. The zero-order valence-electron chi connectivity index (χ0n) is 19.6. The van der Waals surface area contributed by atoms with E-state index in [1.54, 1.807) is 7.11 Å². The number of ether oxygens (including phenoxy) is 1. The molecule has 3 fully saturated rings. The predicted octanol–water partition coefficient (Wildman–Crippen LogP) is 3.11. The average molecular weight is 439 g/mol. The minimum atomic E-state index is 0.535. The van der Waals surface area contributed by atoms with Crippen LogP contribution in [0.4, 0.5) is 11.4 Å². The first-order valence-electron chi connectivity index (χ1n) is 12.2. The van der Waals surface area contributed by atoms with Crippen LogP contribution < -0.4 is 20.7 Å². The van der Waals surface area contributed by atoms with Gasteiger partial charge in [-0.2, -0.15) is 5.10 Å². The number of hydrogen-bond donors (Lipinski definition) is 2. The molecule has 2 saturated heterocycles. The van der Waals surface area contributed by atoms with Gasteiger partial charge in [0.25, 0.3) is 0 Å². The number of methoxy groups -OCH3 is 1. The topological polar surface area (TPSA) is 71.6 Å².